The van der Waals surface area contributed by atoms with Crippen molar-refractivity contribution in [2.45, 2.75) is 38.3 Å². The van der Waals surface area contributed by atoms with Crippen molar-refractivity contribution < 1.29 is 13.6 Å². The van der Waals surface area contributed by atoms with Crippen molar-refractivity contribution in [1.82, 2.24) is 10.6 Å². The predicted octanol–water partition coefficient (Wildman–Crippen LogP) is 2.71. The summed E-state index contributed by atoms with van der Waals surface area (Å²) in [4.78, 5) is 11.8. The van der Waals surface area contributed by atoms with Gasteiger partial charge in [0.2, 0.25) is 5.91 Å². The summed E-state index contributed by atoms with van der Waals surface area (Å²) in [5.74, 6) is -1.36. The second-order valence-corrected chi connectivity index (χ2v) is 4.95. The summed E-state index contributed by atoms with van der Waals surface area (Å²) in [6, 6.07) is 3.14. The number of halogens is 3. The molecular weight excluding hydrogens is 286 g/mol. The minimum absolute atomic E-state index is 0. The van der Waals surface area contributed by atoms with Gasteiger partial charge in [0.25, 0.3) is 0 Å². The topological polar surface area (TPSA) is 41.1 Å². The van der Waals surface area contributed by atoms with Gasteiger partial charge in [-0.2, -0.15) is 0 Å². The zero-order chi connectivity index (χ0) is 13.8. The molecule has 112 valence electrons. The first kappa shape index (κ1) is 16.9. The largest absolute Gasteiger partial charge is 0.349 e. The Labute approximate surface area is 123 Å². The van der Waals surface area contributed by atoms with Crippen molar-refractivity contribution in [2.24, 2.45) is 0 Å². The third-order valence-corrected chi connectivity index (χ3v) is 3.40. The summed E-state index contributed by atoms with van der Waals surface area (Å²) in [7, 11) is 0. The Balaban J connectivity index is 0.00000200. The number of nitrogens with one attached hydrogen (secondary N) is 2. The van der Waals surface area contributed by atoms with Crippen LogP contribution in [0.1, 0.15) is 37.8 Å². The third-order valence-electron chi connectivity index (χ3n) is 3.40. The number of amides is 1. The van der Waals surface area contributed by atoms with Crippen molar-refractivity contribution in [2.75, 3.05) is 6.54 Å². The van der Waals surface area contributed by atoms with Crippen LogP contribution >= 0.6 is 12.4 Å². The number of benzene rings is 1. The van der Waals surface area contributed by atoms with E-state index in [1.165, 1.54) is 12.1 Å². The fourth-order valence-electron chi connectivity index (χ4n) is 2.39. The van der Waals surface area contributed by atoms with Crippen LogP contribution in [0.5, 0.6) is 0 Å². The molecule has 0 bridgehead atoms. The standard InChI is InChI=1S/C14H18F2N2O.ClH/c1-9(12-5-4-10(15)7-13(12)16)18-14(19)8-11-3-2-6-17-11;/h4-5,7,9,11,17H,2-3,6,8H2,1H3,(H,18,19);1H. The highest BCUT2D eigenvalue weighted by atomic mass is 35.5. The molecule has 6 heteroatoms. The van der Waals surface area contributed by atoms with E-state index in [4.69, 9.17) is 0 Å². The molecule has 2 rings (SSSR count). The van der Waals surface area contributed by atoms with Gasteiger partial charge in [-0.3, -0.25) is 4.79 Å². The zero-order valence-electron chi connectivity index (χ0n) is 11.3. The van der Waals surface area contributed by atoms with E-state index in [1.807, 2.05) is 0 Å². The molecule has 1 saturated heterocycles. The van der Waals surface area contributed by atoms with Gasteiger partial charge < -0.3 is 10.6 Å². The number of hydrogen-bond acceptors (Lipinski definition) is 2. The summed E-state index contributed by atoms with van der Waals surface area (Å²) in [5, 5.41) is 5.98. The molecule has 1 heterocycles. The summed E-state index contributed by atoms with van der Waals surface area (Å²) in [6.07, 6.45) is 2.47. The molecule has 0 radical (unpaired) electrons. The molecule has 0 saturated carbocycles. The van der Waals surface area contributed by atoms with Crippen molar-refractivity contribution in [3.05, 3.63) is 35.4 Å². The lowest BCUT2D eigenvalue weighted by atomic mass is 10.1. The highest BCUT2D eigenvalue weighted by Crippen LogP contribution is 2.18. The predicted molar refractivity (Wildman–Crippen MR) is 75.8 cm³/mol. The molecule has 1 aromatic carbocycles. The summed E-state index contributed by atoms with van der Waals surface area (Å²) >= 11 is 0. The first-order chi connectivity index (χ1) is 9.06. The molecule has 2 unspecified atom stereocenters. The van der Waals surface area contributed by atoms with E-state index >= 15 is 0 Å². The van der Waals surface area contributed by atoms with E-state index < -0.39 is 17.7 Å². The van der Waals surface area contributed by atoms with Crippen LogP contribution < -0.4 is 10.6 Å². The molecule has 1 amide bonds. The SMILES string of the molecule is CC(NC(=O)CC1CCCN1)c1ccc(F)cc1F.Cl. The molecule has 1 aliphatic rings. The fourth-order valence-corrected chi connectivity index (χ4v) is 2.39. The molecular formula is C14H19ClF2N2O. The average molecular weight is 305 g/mol. The van der Waals surface area contributed by atoms with E-state index in [1.54, 1.807) is 6.92 Å². The van der Waals surface area contributed by atoms with E-state index in [0.717, 1.165) is 25.5 Å². The Bertz CT molecular complexity index is 464. The Morgan fingerprint density at radius 1 is 1.50 bits per heavy atom. The fraction of sp³-hybridized carbons (Fsp3) is 0.500. The van der Waals surface area contributed by atoms with Crippen LogP contribution in [-0.2, 0) is 4.79 Å². The molecule has 0 aliphatic carbocycles. The molecule has 0 aromatic heterocycles. The van der Waals surface area contributed by atoms with E-state index in [-0.39, 0.29) is 24.4 Å². The van der Waals surface area contributed by atoms with Gasteiger partial charge in [-0.25, -0.2) is 8.78 Å². The number of rotatable bonds is 4. The molecule has 1 aromatic rings. The molecule has 2 atom stereocenters. The normalized spacial score (nSPS) is 19.2. The van der Waals surface area contributed by atoms with Crippen LogP contribution in [0.4, 0.5) is 8.78 Å². The first-order valence-corrected chi connectivity index (χ1v) is 6.54. The van der Waals surface area contributed by atoms with E-state index in [0.29, 0.717) is 12.0 Å². The van der Waals surface area contributed by atoms with Gasteiger partial charge in [0.1, 0.15) is 11.6 Å². The Morgan fingerprint density at radius 3 is 2.85 bits per heavy atom. The quantitative estimate of drug-likeness (QED) is 0.898. The minimum Gasteiger partial charge on any atom is -0.349 e. The van der Waals surface area contributed by atoms with Gasteiger partial charge in [0.15, 0.2) is 0 Å². The number of carbonyl (C=O) groups is 1. The molecule has 1 fully saturated rings. The van der Waals surface area contributed by atoms with Crippen molar-refractivity contribution >= 4 is 18.3 Å². The van der Waals surface area contributed by atoms with Gasteiger partial charge in [-0.15, -0.1) is 12.4 Å². The maximum atomic E-state index is 13.6. The van der Waals surface area contributed by atoms with Gasteiger partial charge in [0.05, 0.1) is 6.04 Å². The minimum atomic E-state index is -0.633. The van der Waals surface area contributed by atoms with Crippen LogP contribution in [0.15, 0.2) is 18.2 Å². The zero-order valence-corrected chi connectivity index (χ0v) is 12.1. The van der Waals surface area contributed by atoms with Crippen LogP contribution in [-0.4, -0.2) is 18.5 Å². The van der Waals surface area contributed by atoms with Crippen molar-refractivity contribution in [3.63, 3.8) is 0 Å². The molecule has 3 nitrogen and oxygen atoms in total. The van der Waals surface area contributed by atoms with Crippen LogP contribution in [0, 0.1) is 11.6 Å². The molecule has 20 heavy (non-hydrogen) atoms. The van der Waals surface area contributed by atoms with Gasteiger partial charge in [-0.1, -0.05) is 6.07 Å². The monoisotopic (exact) mass is 304 g/mol. The first-order valence-electron chi connectivity index (χ1n) is 6.54. The number of hydrogen-bond donors (Lipinski definition) is 2. The van der Waals surface area contributed by atoms with Gasteiger partial charge >= 0.3 is 0 Å². The van der Waals surface area contributed by atoms with Crippen LogP contribution in [0.3, 0.4) is 0 Å². The van der Waals surface area contributed by atoms with Crippen molar-refractivity contribution in [3.8, 4) is 0 Å². The smallest absolute Gasteiger partial charge is 0.222 e. The number of carbonyl (C=O) groups excluding carboxylic acids is 1. The maximum Gasteiger partial charge on any atom is 0.222 e. The van der Waals surface area contributed by atoms with Gasteiger partial charge in [0, 0.05) is 24.1 Å². The highest BCUT2D eigenvalue weighted by Gasteiger charge is 2.20. The molecule has 2 N–H and O–H groups in total. The van der Waals surface area contributed by atoms with E-state index in [9.17, 15) is 13.6 Å². The van der Waals surface area contributed by atoms with Crippen molar-refractivity contribution in [1.29, 1.82) is 0 Å². The lowest BCUT2D eigenvalue weighted by molar-refractivity contribution is -0.122. The summed E-state index contributed by atoms with van der Waals surface area (Å²) in [5.41, 5.74) is 0.300. The van der Waals surface area contributed by atoms with Crippen LogP contribution in [0.25, 0.3) is 0 Å². The second-order valence-electron chi connectivity index (χ2n) is 4.95. The highest BCUT2D eigenvalue weighted by molar-refractivity contribution is 5.85. The van der Waals surface area contributed by atoms with Gasteiger partial charge in [-0.05, 0) is 32.4 Å². The Hall–Kier alpha value is -1.20. The Kier molecular flexibility index (Phi) is 6.36. The molecule has 1 aliphatic heterocycles. The van der Waals surface area contributed by atoms with E-state index in [2.05, 4.69) is 10.6 Å². The lowest BCUT2D eigenvalue weighted by Crippen LogP contribution is -2.33. The average Bonchev–Trinajstić information content (AvgIpc) is 2.81. The second kappa shape index (κ2) is 7.55. The lowest BCUT2D eigenvalue weighted by Gasteiger charge is -2.17. The maximum absolute atomic E-state index is 13.6. The Morgan fingerprint density at radius 2 is 2.25 bits per heavy atom. The van der Waals surface area contributed by atoms with Crippen LogP contribution in [0.2, 0.25) is 0 Å². The summed E-state index contributed by atoms with van der Waals surface area (Å²) in [6.45, 7) is 2.64. The summed E-state index contributed by atoms with van der Waals surface area (Å²) < 4.78 is 26.4. The molecule has 0 spiro atoms. The third kappa shape index (κ3) is 4.42.